The molecule has 2 rings (SSSR count). The minimum Gasteiger partial charge on any atom is -0.344 e. The summed E-state index contributed by atoms with van der Waals surface area (Å²) in [6.07, 6.45) is 3.41. The number of thiazole rings is 1. The first-order valence-electron chi connectivity index (χ1n) is 5.99. The molecule has 0 bridgehead atoms. The van der Waals surface area contributed by atoms with Crippen molar-refractivity contribution in [3.8, 4) is 0 Å². The average Bonchev–Trinajstić information content (AvgIpc) is 2.89. The van der Waals surface area contributed by atoms with E-state index in [-0.39, 0.29) is 18.0 Å². The number of rotatable bonds is 4. The van der Waals surface area contributed by atoms with Gasteiger partial charge in [0.25, 0.3) is 5.91 Å². The van der Waals surface area contributed by atoms with E-state index in [0.29, 0.717) is 5.69 Å². The number of nitrogens with one attached hydrogen (secondary N) is 1. The number of carbonyl (C=O) groups is 1. The van der Waals surface area contributed by atoms with Crippen LogP contribution in [0.25, 0.3) is 0 Å². The quantitative estimate of drug-likeness (QED) is 0.895. The van der Waals surface area contributed by atoms with Gasteiger partial charge >= 0.3 is 0 Å². The lowest BCUT2D eigenvalue weighted by Crippen LogP contribution is -2.27. The number of nitrogens with zero attached hydrogens (tertiary/aromatic N) is 2. The standard InChI is InChI=1S/C13H16N4OS/c1-8(14)13-17-11(7-19-13)12(18)16-9(2)10-3-5-15-6-4-10/h3-9H,14H2,1-2H3,(H,16,18). The molecule has 0 saturated carbocycles. The summed E-state index contributed by atoms with van der Waals surface area (Å²) in [4.78, 5) is 20.2. The van der Waals surface area contributed by atoms with Crippen molar-refractivity contribution in [3.05, 3.63) is 46.2 Å². The number of hydrogen-bond donors (Lipinski definition) is 2. The van der Waals surface area contributed by atoms with Crippen LogP contribution in [0.1, 0.15) is 47.0 Å². The summed E-state index contributed by atoms with van der Waals surface area (Å²) < 4.78 is 0. The van der Waals surface area contributed by atoms with Gasteiger partial charge in [-0.25, -0.2) is 4.98 Å². The van der Waals surface area contributed by atoms with Gasteiger partial charge in [-0.2, -0.15) is 0 Å². The Bertz CT molecular complexity index is 553. The number of carbonyl (C=O) groups excluding carboxylic acids is 1. The molecule has 3 N–H and O–H groups in total. The molecule has 2 atom stereocenters. The summed E-state index contributed by atoms with van der Waals surface area (Å²) in [5, 5.41) is 5.40. The van der Waals surface area contributed by atoms with Crippen molar-refractivity contribution in [1.82, 2.24) is 15.3 Å². The number of amides is 1. The maximum Gasteiger partial charge on any atom is 0.271 e. The van der Waals surface area contributed by atoms with Gasteiger partial charge in [0.2, 0.25) is 0 Å². The van der Waals surface area contributed by atoms with Crippen molar-refractivity contribution >= 4 is 17.2 Å². The van der Waals surface area contributed by atoms with E-state index < -0.39 is 0 Å². The predicted octanol–water partition coefficient (Wildman–Crippen LogP) is 2.05. The van der Waals surface area contributed by atoms with Crippen molar-refractivity contribution < 1.29 is 4.79 Å². The smallest absolute Gasteiger partial charge is 0.271 e. The minimum absolute atomic E-state index is 0.0871. The second kappa shape index (κ2) is 5.90. The monoisotopic (exact) mass is 276 g/mol. The van der Waals surface area contributed by atoms with Crippen LogP contribution >= 0.6 is 11.3 Å². The van der Waals surface area contributed by atoms with Crippen LogP contribution in [0, 0.1) is 0 Å². The number of nitrogens with two attached hydrogens (primary N) is 1. The molecule has 0 aromatic carbocycles. The highest BCUT2D eigenvalue weighted by Crippen LogP contribution is 2.17. The van der Waals surface area contributed by atoms with Gasteiger partial charge in [0.1, 0.15) is 10.7 Å². The molecule has 0 radical (unpaired) electrons. The predicted molar refractivity (Wildman–Crippen MR) is 74.8 cm³/mol. The Morgan fingerprint density at radius 3 is 2.63 bits per heavy atom. The minimum atomic E-state index is -0.188. The van der Waals surface area contributed by atoms with Crippen LogP contribution in [-0.4, -0.2) is 15.9 Å². The summed E-state index contributed by atoms with van der Waals surface area (Å²) in [5.41, 5.74) is 7.15. The SMILES string of the molecule is CC(N)c1nc(C(=O)NC(C)c2ccncc2)cs1. The molecule has 6 heteroatoms. The lowest BCUT2D eigenvalue weighted by molar-refractivity contribution is 0.0935. The van der Waals surface area contributed by atoms with Crippen LogP contribution in [0.4, 0.5) is 0 Å². The Hall–Kier alpha value is -1.79. The topological polar surface area (TPSA) is 80.9 Å². The second-order valence-corrected chi connectivity index (χ2v) is 5.23. The van der Waals surface area contributed by atoms with Crippen LogP contribution in [0.5, 0.6) is 0 Å². The molecule has 2 aromatic rings. The lowest BCUT2D eigenvalue weighted by Gasteiger charge is -2.12. The van der Waals surface area contributed by atoms with Gasteiger partial charge in [0, 0.05) is 17.8 Å². The van der Waals surface area contributed by atoms with Crippen molar-refractivity contribution in [2.45, 2.75) is 25.9 Å². The van der Waals surface area contributed by atoms with Gasteiger partial charge in [-0.15, -0.1) is 11.3 Å². The van der Waals surface area contributed by atoms with Crippen LogP contribution in [0.2, 0.25) is 0 Å². The number of pyridine rings is 1. The highest BCUT2D eigenvalue weighted by atomic mass is 32.1. The first-order valence-corrected chi connectivity index (χ1v) is 6.87. The number of hydrogen-bond acceptors (Lipinski definition) is 5. The first kappa shape index (κ1) is 13.6. The summed E-state index contributed by atoms with van der Waals surface area (Å²) in [6, 6.07) is 3.51. The molecule has 19 heavy (non-hydrogen) atoms. The van der Waals surface area contributed by atoms with Gasteiger partial charge in [-0.3, -0.25) is 9.78 Å². The Morgan fingerprint density at radius 2 is 2.05 bits per heavy atom. The van der Waals surface area contributed by atoms with E-state index >= 15 is 0 Å². The largest absolute Gasteiger partial charge is 0.344 e. The van der Waals surface area contributed by atoms with Gasteiger partial charge < -0.3 is 11.1 Å². The second-order valence-electron chi connectivity index (χ2n) is 4.34. The summed E-state index contributed by atoms with van der Waals surface area (Å²) in [5.74, 6) is -0.188. The van der Waals surface area contributed by atoms with Gasteiger partial charge in [-0.1, -0.05) is 0 Å². The molecule has 2 aromatic heterocycles. The maximum atomic E-state index is 12.0. The molecule has 0 aliphatic rings. The van der Waals surface area contributed by atoms with E-state index in [9.17, 15) is 4.79 Å². The normalized spacial score (nSPS) is 13.8. The van der Waals surface area contributed by atoms with Crippen LogP contribution < -0.4 is 11.1 Å². The Morgan fingerprint density at radius 1 is 1.37 bits per heavy atom. The molecule has 2 unspecified atom stereocenters. The molecule has 0 saturated heterocycles. The van der Waals surface area contributed by atoms with Crippen LogP contribution in [0.15, 0.2) is 29.9 Å². The Labute approximate surface area is 115 Å². The van der Waals surface area contributed by atoms with E-state index in [2.05, 4.69) is 15.3 Å². The van der Waals surface area contributed by atoms with Crippen LogP contribution in [-0.2, 0) is 0 Å². The third kappa shape index (κ3) is 3.36. The highest BCUT2D eigenvalue weighted by molar-refractivity contribution is 7.09. The third-order valence-corrected chi connectivity index (χ3v) is 3.74. The molecule has 2 heterocycles. The van der Waals surface area contributed by atoms with Crippen molar-refractivity contribution in [3.63, 3.8) is 0 Å². The van der Waals surface area contributed by atoms with E-state index in [1.807, 2.05) is 26.0 Å². The lowest BCUT2D eigenvalue weighted by atomic mass is 10.1. The Balaban J connectivity index is 2.04. The first-order chi connectivity index (χ1) is 9.08. The Kier molecular flexibility index (Phi) is 4.24. The number of aromatic nitrogens is 2. The van der Waals surface area contributed by atoms with Gasteiger partial charge in [0.05, 0.1) is 12.1 Å². The summed E-state index contributed by atoms with van der Waals surface area (Å²) in [7, 11) is 0. The van der Waals surface area contributed by atoms with E-state index in [0.717, 1.165) is 10.6 Å². The summed E-state index contributed by atoms with van der Waals surface area (Å²) in [6.45, 7) is 3.77. The van der Waals surface area contributed by atoms with Gasteiger partial charge in [0.15, 0.2) is 0 Å². The fourth-order valence-electron chi connectivity index (χ4n) is 1.61. The molecule has 5 nitrogen and oxygen atoms in total. The molecule has 0 aliphatic heterocycles. The molecule has 0 aliphatic carbocycles. The third-order valence-electron chi connectivity index (χ3n) is 2.70. The molecule has 0 fully saturated rings. The zero-order chi connectivity index (χ0) is 13.8. The fraction of sp³-hybridized carbons (Fsp3) is 0.308. The van der Waals surface area contributed by atoms with Crippen molar-refractivity contribution in [2.75, 3.05) is 0 Å². The maximum absolute atomic E-state index is 12.0. The molecular formula is C13H16N4OS. The fourth-order valence-corrected chi connectivity index (χ4v) is 2.36. The zero-order valence-corrected chi connectivity index (χ0v) is 11.6. The molecule has 100 valence electrons. The highest BCUT2D eigenvalue weighted by Gasteiger charge is 2.15. The van der Waals surface area contributed by atoms with E-state index in [4.69, 9.17) is 5.73 Å². The van der Waals surface area contributed by atoms with E-state index in [1.54, 1.807) is 17.8 Å². The molecule has 1 amide bonds. The molecular weight excluding hydrogens is 260 g/mol. The average molecular weight is 276 g/mol. The zero-order valence-electron chi connectivity index (χ0n) is 10.8. The van der Waals surface area contributed by atoms with Crippen LogP contribution in [0.3, 0.4) is 0 Å². The molecule has 0 spiro atoms. The van der Waals surface area contributed by atoms with E-state index in [1.165, 1.54) is 11.3 Å². The summed E-state index contributed by atoms with van der Waals surface area (Å²) >= 11 is 1.40. The van der Waals surface area contributed by atoms with Crippen molar-refractivity contribution in [2.24, 2.45) is 5.73 Å². The van der Waals surface area contributed by atoms with Crippen molar-refractivity contribution in [1.29, 1.82) is 0 Å². The van der Waals surface area contributed by atoms with Gasteiger partial charge in [-0.05, 0) is 31.5 Å².